The molecule has 1 fully saturated rings. The van der Waals surface area contributed by atoms with Crippen LogP contribution in [-0.4, -0.2) is 61.3 Å². The number of benzene rings is 3. The van der Waals surface area contributed by atoms with Gasteiger partial charge in [-0.1, -0.05) is 97.1 Å². The maximum absolute atomic E-state index is 13.7. The highest BCUT2D eigenvalue weighted by Gasteiger charge is 2.40. The van der Waals surface area contributed by atoms with Crippen LogP contribution in [0.25, 0.3) is 11.1 Å². The number of nitrogens with zero attached hydrogens (tertiary/aromatic N) is 2. The first-order valence-corrected chi connectivity index (χ1v) is 16.6. The molecule has 1 unspecified atom stereocenters. The van der Waals surface area contributed by atoms with Gasteiger partial charge in [0.1, 0.15) is 5.37 Å². The van der Waals surface area contributed by atoms with Gasteiger partial charge in [-0.3, -0.25) is 4.79 Å². The highest BCUT2D eigenvalue weighted by atomic mass is 32.2. The Morgan fingerprint density at radius 3 is 2.34 bits per heavy atom. The zero-order valence-electron chi connectivity index (χ0n) is 23.3. The van der Waals surface area contributed by atoms with Crippen LogP contribution in [0.15, 0.2) is 114 Å². The molecule has 2 aliphatic rings. The third kappa shape index (κ3) is 7.38. The van der Waals surface area contributed by atoms with Gasteiger partial charge in [0.15, 0.2) is 0 Å². The summed E-state index contributed by atoms with van der Waals surface area (Å²) in [6, 6.07) is 26.5. The van der Waals surface area contributed by atoms with E-state index in [2.05, 4.69) is 41.6 Å². The predicted molar refractivity (Wildman–Crippen MR) is 168 cm³/mol. The van der Waals surface area contributed by atoms with E-state index in [9.17, 15) is 13.2 Å². The molecule has 0 radical (unpaired) electrons. The predicted octanol–water partition coefficient (Wildman–Crippen LogP) is 5.73. The first-order chi connectivity index (χ1) is 19.9. The molecule has 5 rings (SSSR count). The number of carbonyl (C=O) groups is 1. The molecule has 3 aromatic carbocycles. The van der Waals surface area contributed by atoms with E-state index < -0.39 is 15.4 Å². The smallest absolute Gasteiger partial charge is 0.249 e. The van der Waals surface area contributed by atoms with Crippen LogP contribution in [0.4, 0.5) is 0 Å². The Kier molecular flexibility index (Phi) is 9.77. The van der Waals surface area contributed by atoms with E-state index in [0.717, 1.165) is 42.6 Å². The summed E-state index contributed by atoms with van der Waals surface area (Å²) in [6.45, 7) is 2.05. The minimum absolute atomic E-state index is 0.199. The molecule has 1 aliphatic heterocycles. The Morgan fingerprint density at radius 2 is 1.66 bits per heavy atom. The fraction of sp³-hybridized carbons (Fsp3) is 0.303. The zero-order valence-corrected chi connectivity index (χ0v) is 24.9. The number of carbonyl (C=O) groups excluding carboxylic acids is 1. The third-order valence-electron chi connectivity index (χ3n) is 7.57. The van der Waals surface area contributed by atoms with E-state index in [1.54, 1.807) is 12.1 Å². The average molecular weight is 588 g/mol. The van der Waals surface area contributed by atoms with Crippen molar-refractivity contribution in [1.82, 2.24) is 14.5 Å². The van der Waals surface area contributed by atoms with E-state index >= 15 is 0 Å². The monoisotopic (exact) mass is 587 g/mol. The van der Waals surface area contributed by atoms with Crippen LogP contribution in [0.5, 0.6) is 0 Å². The summed E-state index contributed by atoms with van der Waals surface area (Å²) in [4.78, 5) is 16.2. The maximum atomic E-state index is 13.7. The highest BCUT2D eigenvalue weighted by Crippen LogP contribution is 2.32. The van der Waals surface area contributed by atoms with E-state index in [1.165, 1.54) is 16.1 Å². The summed E-state index contributed by atoms with van der Waals surface area (Å²) >= 11 is 1.38. The van der Waals surface area contributed by atoms with Crippen molar-refractivity contribution >= 4 is 27.7 Å². The fourth-order valence-electron chi connectivity index (χ4n) is 5.35. The van der Waals surface area contributed by atoms with Crippen LogP contribution in [-0.2, 0) is 14.8 Å². The van der Waals surface area contributed by atoms with Gasteiger partial charge in [-0.25, -0.2) is 8.42 Å². The van der Waals surface area contributed by atoms with Crippen LogP contribution < -0.4 is 5.32 Å². The Balaban J connectivity index is 1.27. The molecule has 0 bridgehead atoms. The molecular weight excluding hydrogens is 551 g/mol. The molecule has 3 atom stereocenters. The average Bonchev–Trinajstić information content (AvgIpc) is 3.52. The quantitative estimate of drug-likeness (QED) is 0.310. The molecule has 1 saturated heterocycles. The molecule has 8 heteroatoms. The molecule has 0 aromatic heterocycles. The number of sulfonamides is 1. The lowest BCUT2D eigenvalue weighted by atomic mass is 9.99. The third-order valence-corrected chi connectivity index (χ3v) is 10.8. The SMILES string of the molecule is CN(CC[C@H](NC(=O)[C@@H]1SCCN1S(=O)(=O)c1ccc(-c2ccccc2)cc1)c1ccccc1)CC1C=CC=CC1. The lowest BCUT2D eigenvalue weighted by Crippen LogP contribution is -2.46. The van der Waals surface area contributed by atoms with Gasteiger partial charge < -0.3 is 10.2 Å². The molecule has 214 valence electrons. The van der Waals surface area contributed by atoms with Gasteiger partial charge in [0, 0.05) is 25.4 Å². The van der Waals surface area contributed by atoms with Crippen molar-refractivity contribution < 1.29 is 13.2 Å². The summed E-state index contributed by atoms with van der Waals surface area (Å²) in [5.74, 6) is 0.792. The van der Waals surface area contributed by atoms with E-state index in [-0.39, 0.29) is 16.8 Å². The van der Waals surface area contributed by atoms with Gasteiger partial charge in [0.25, 0.3) is 0 Å². The summed E-state index contributed by atoms with van der Waals surface area (Å²) < 4.78 is 28.7. The topological polar surface area (TPSA) is 69.7 Å². The minimum Gasteiger partial charge on any atom is -0.347 e. The number of allylic oxidation sites excluding steroid dienone is 3. The lowest BCUT2D eigenvalue weighted by Gasteiger charge is -2.28. The molecule has 1 aliphatic carbocycles. The number of hydrogen-bond acceptors (Lipinski definition) is 5. The second-order valence-electron chi connectivity index (χ2n) is 10.6. The number of amides is 1. The zero-order chi connectivity index (χ0) is 28.7. The first-order valence-electron chi connectivity index (χ1n) is 14.1. The summed E-state index contributed by atoms with van der Waals surface area (Å²) in [6.07, 6.45) is 10.4. The Bertz CT molecular complexity index is 1460. The number of hydrogen-bond donors (Lipinski definition) is 1. The molecule has 6 nitrogen and oxygen atoms in total. The van der Waals surface area contributed by atoms with Crippen molar-refractivity contribution in [2.24, 2.45) is 5.92 Å². The van der Waals surface area contributed by atoms with Crippen LogP contribution >= 0.6 is 11.8 Å². The normalized spacial score (nSPS) is 19.9. The molecular formula is C33H37N3O3S2. The van der Waals surface area contributed by atoms with Crippen LogP contribution in [0, 0.1) is 5.92 Å². The largest absolute Gasteiger partial charge is 0.347 e. The van der Waals surface area contributed by atoms with Crippen molar-refractivity contribution in [2.45, 2.75) is 29.2 Å². The van der Waals surface area contributed by atoms with E-state index in [0.29, 0.717) is 18.2 Å². The number of thioether (sulfide) groups is 1. The van der Waals surface area contributed by atoms with Crippen molar-refractivity contribution in [3.05, 3.63) is 115 Å². The minimum atomic E-state index is -3.84. The molecule has 0 spiro atoms. The maximum Gasteiger partial charge on any atom is 0.249 e. The van der Waals surface area contributed by atoms with Gasteiger partial charge in [0.2, 0.25) is 15.9 Å². The van der Waals surface area contributed by atoms with Gasteiger partial charge in [0.05, 0.1) is 10.9 Å². The molecule has 1 heterocycles. The summed E-state index contributed by atoms with van der Waals surface area (Å²) in [5.41, 5.74) is 2.99. The Morgan fingerprint density at radius 1 is 0.976 bits per heavy atom. The second kappa shape index (κ2) is 13.7. The standard InChI is InChI=1S/C33H37N3O3S2/c1-35(25-26-11-5-2-6-12-26)22-21-31(29-15-9-4-10-16-29)34-32(37)33-36(23-24-40-33)41(38,39)30-19-17-28(18-20-30)27-13-7-3-8-14-27/h2-11,13-20,26,31,33H,12,21-25H2,1H3,(H,34,37)/t26?,31-,33-/m0/s1. The van der Waals surface area contributed by atoms with Gasteiger partial charge in [-0.05, 0) is 54.6 Å². The first kappa shape index (κ1) is 29.3. The van der Waals surface area contributed by atoms with Gasteiger partial charge in [-0.15, -0.1) is 11.8 Å². The highest BCUT2D eigenvalue weighted by molar-refractivity contribution is 8.02. The molecule has 1 N–H and O–H groups in total. The van der Waals surface area contributed by atoms with Gasteiger partial charge >= 0.3 is 0 Å². The Labute approximate surface area is 248 Å². The Hall–Kier alpha value is -3.17. The second-order valence-corrected chi connectivity index (χ2v) is 13.6. The van der Waals surface area contributed by atoms with Crippen LogP contribution in [0.2, 0.25) is 0 Å². The van der Waals surface area contributed by atoms with E-state index in [4.69, 9.17) is 0 Å². The number of rotatable bonds is 11. The molecule has 1 amide bonds. The van der Waals surface area contributed by atoms with Crippen LogP contribution in [0.3, 0.4) is 0 Å². The molecule has 0 saturated carbocycles. The van der Waals surface area contributed by atoms with Gasteiger partial charge in [-0.2, -0.15) is 4.31 Å². The van der Waals surface area contributed by atoms with E-state index in [1.807, 2.05) is 72.8 Å². The molecule has 41 heavy (non-hydrogen) atoms. The van der Waals surface area contributed by atoms with Crippen molar-refractivity contribution in [2.75, 3.05) is 32.4 Å². The number of nitrogens with one attached hydrogen (secondary N) is 1. The van der Waals surface area contributed by atoms with Crippen molar-refractivity contribution in [3.8, 4) is 11.1 Å². The summed E-state index contributed by atoms with van der Waals surface area (Å²) in [5, 5.41) is 2.39. The summed E-state index contributed by atoms with van der Waals surface area (Å²) in [7, 11) is -1.73. The van der Waals surface area contributed by atoms with Crippen molar-refractivity contribution in [1.29, 1.82) is 0 Å². The van der Waals surface area contributed by atoms with Crippen LogP contribution in [0.1, 0.15) is 24.4 Å². The molecule has 3 aromatic rings. The fourth-order valence-corrected chi connectivity index (χ4v) is 8.44. The van der Waals surface area contributed by atoms with Crippen molar-refractivity contribution in [3.63, 3.8) is 0 Å². The lowest BCUT2D eigenvalue weighted by molar-refractivity contribution is -0.123.